The fourth-order valence-corrected chi connectivity index (χ4v) is 10.9. The van der Waals surface area contributed by atoms with Crippen LogP contribution in [-0.2, 0) is 48.1 Å². The molecule has 0 aromatic rings. The van der Waals surface area contributed by atoms with E-state index in [1.54, 1.807) is 13.8 Å². The van der Waals surface area contributed by atoms with Gasteiger partial charge in [-0.05, 0) is 77.0 Å². The molecule has 10 rings (SSSR count). The molecule has 53 heavy (non-hydrogen) atoms. The molecule has 10 aliphatic rings. The highest BCUT2D eigenvalue weighted by Gasteiger charge is 2.72. The predicted molar refractivity (Wildman–Crippen MR) is 167 cm³/mol. The van der Waals surface area contributed by atoms with E-state index in [1.807, 2.05) is 13.8 Å². The summed E-state index contributed by atoms with van der Waals surface area (Å²) in [5.74, 6) is -9.33. The van der Waals surface area contributed by atoms with E-state index in [4.69, 9.17) is 38.5 Å². The lowest BCUT2D eigenvalue weighted by Crippen LogP contribution is -2.67. The molecule has 8 aliphatic heterocycles. The van der Waals surface area contributed by atoms with Crippen molar-refractivity contribution in [3.05, 3.63) is 22.7 Å². The number of hydrogen-bond acceptors (Lipinski definition) is 10. The molecule has 296 valence electrons. The summed E-state index contributed by atoms with van der Waals surface area (Å²) in [4.78, 5) is 50.8. The van der Waals surface area contributed by atoms with E-state index in [0.717, 1.165) is 0 Å². The number of alkyl halides is 6. The Kier molecular flexibility index (Phi) is 8.98. The van der Waals surface area contributed by atoms with Gasteiger partial charge >= 0.3 is 12.4 Å². The van der Waals surface area contributed by atoms with Crippen LogP contribution in [-0.4, -0.2) is 59.3 Å². The average Bonchev–Trinajstić information content (AvgIpc) is 3.46. The largest absolute Gasteiger partial charge is 0.456 e. The van der Waals surface area contributed by atoms with Crippen LogP contribution in [0, 0.1) is 35.5 Å². The van der Waals surface area contributed by atoms with Gasteiger partial charge in [0.2, 0.25) is 35.7 Å². The fraction of sp³-hybridized carbons (Fsp3) is 0.838. The van der Waals surface area contributed by atoms with E-state index in [-0.39, 0.29) is 68.6 Å². The fourth-order valence-electron chi connectivity index (χ4n) is 10.9. The SMILES string of the molecule is C[C@@H]1CC[C@H]2C(C(=O)CCCCCC(=O)C3=C(C(F)(F)F)O[C@@H]4O[C@]5(C)CCC6[C@H](C)CC[C@@H]3[C@]64OO5)=C(C(F)(F)F)O[C@@H]3O[C@]4(C)CCC1[C@]32OO4. The van der Waals surface area contributed by atoms with Crippen molar-refractivity contribution in [3.63, 3.8) is 0 Å². The second kappa shape index (κ2) is 12.6. The minimum Gasteiger partial charge on any atom is -0.456 e. The first-order valence-electron chi connectivity index (χ1n) is 18.9. The van der Waals surface area contributed by atoms with Crippen LogP contribution in [0.5, 0.6) is 0 Å². The third-order valence-corrected chi connectivity index (χ3v) is 13.5. The summed E-state index contributed by atoms with van der Waals surface area (Å²) in [6, 6.07) is 0. The number of ether oxygens (including phenoxy) is 4. The van der Waals surface area contributed by atoms with Gasteiger partial charge in [-0.15, -0.1) is 0 Å². The molecule has 8 heterocycles. The minimum absolute atomic E-state index is 0.0507. The van der Waals surface area contributed by atoms with Crippen LogP contribution in [0.3, 0.4) is 0 Å². The Labute approximate surface area is 303 Å². The third-order valence-electron chi connectivity index (χ3n) is 13.5. The number of allylic oxidation sites excluding steroid dienone is 2. The van der Waals surface area contributed by atoms with Crippen LogP contribution in [0.2, 0.25) is 0 Å². The van der Waals surface area contributed by atoms with E-state index in [1.165, 1.54) is 0 Å². The summed E-state index contributed by atoms with van der Waals surface area (Å²) in [5.41, 5.74) is -3.86. The normalized spacial score (nSPS) is 44.7. The lowest BCUT2D eigenvalue weighted by atomic mass is 9.58. The van der Waals surface area contributed by atoms with Crippen molar-refractivity contribution in [2.45, 2.75) is 159 Å². The molecule has 0 N–H and O–H groups in total. The minimum atomic E-state index is -4.98. The van der Waals surface area contributed by atoms with Crippen molar-refractivity contribution in [2.24, 2.45) is 35.5 Å². The summed E-state index contributed by atoms with van der Waals surface area (Å²) >= 11 is 0. The van der Waals surface area contributed by atoms with Crippen LogP contribution in [0.15, 0.2) is 22.7 Å². The smallest absolute Gasteiger partial charge is 0.449 e. The Balaban J connectivity index is 0.987. The maximum Gasteiger partial charge on any atom is 0.449 e. The Morgan fingerprint density at radius 3 is 1.38 bits per heavy atom. The van der Waals surface area contributed by atoms with Crippen LogP contribution in [0.25, 0.3) is 0 Å². The highest BCUT2D eigenvalue weighted by molar-refractivity contribution is 5.97. The van der Waals surface area contributed by atoms with Gasteiger partial charge < -0.3 is 18.9 Å². The second-order valence-corrected chi connectivity index (χ2v) is 16.8. The molecule has 6 saturated heterocycles. The molecule has 12 atom stereocenters. The summed E-state index contributed by atoms with van der Waals surface area (Å²) < 4.78 is 110. The topological polar surface area (TPSA) is 108 Å². The lowest BCUT2D eigenvalue weighted by Gasteiger charge is -2.57. The molecule has 0 aromatic carbocycles. The molecule has 8 fully saturated rings. The van der Waals surface area contributed by atoms with Crippen molar-refractivity contribution < 1.29 is 74.4 Å². The second-order valence-electron chi connectivity index (χ2n) is 16.8. The van der Waals surface area contributed by atoms with Gasteiger partial charge in [0.15, 0.2) is 22.8 Å². The molecule has 16 heteroatoms. The van der Waals surface area contributed by atoms with Gasteiger partial charge in [0.25, 0.3) is 0 Å². The molecular weight excluding hydrogens is 718 g/mol. The van der Waals surface area contributed by atoms with E-state index in [9.17, 15) is 35.9 Å². The number of carbonyl (C=O) groups is 2. The number of unbranched alkanes of at least 4 members (excludes halogenated alkanes) is 2. The standard InChI is InChI=1S/C37H46F6O10/c1-18-10-12-22-26(28(36(38,39)40)46-30-34(22)20(18)14-16-32(3,48-30)50-52-34)24(44)8-6-5-7-9-25(45)27-23-13-11-19(2)21-15-17-33(4)49-31(35(21,23)53-51-33)47-29(27)37(41,42)43/h18-23,30-31H,5-17H2,1-4H3/t18-,19-,20?,21?,22+,23+,30-,31-,32+,33+,34-,35-/m1/s1. The Bertz CT molecular complexity index is 1480. The van der Waals surface area contributed by atoms with Gasteiger partial charge in [0, 0.05) is 60.5 Å². The molecular formula is C37H46F6O10. The summed E-state index contributed by atoms with van der Waals surface area (Å²) in [6.45, 7) is 7.17. The van der Waals surface area contributed by atoms with Crippen molar-refractivity contribution in [1.29, 1.82) is 0 Å². The van der Waals surface area contributed by atoms with Gasteiger partial charge in [-0.2, -0.15) is 26.3 Å². The number of Topliss-reactive ketones (excluding diaryl/α,β-unsaturated/α-hetero) is 2. The molecule has 2 saturated carbocycles. The van der Waals surface area contributed by atoms with Crippen LogP contribution < -0.4 is 0 Å². The first-order chi connectivity index (χ1) is 24.8. The maximum absolute atomic E-state index is 14.6. The number of fused-ring (bicyclic) bond motifs is 4. The number of halogens is 6. The molecule has 0 radical (unpaired) electrons. The Morgan fingerprint density at radius 2 is 1.00 bits per heavy atom. The predicted octanol–water partition coefficient (Wildman–Crippen LogP) is 8.20. The molecule has 4 bridgehead atoms. The number of ketones is 2. The molecule has 2 aliphatic carbocycles. The highest BCUT2D eigenvalue weighted by Crippen LogP contribution is 2.63. The molecule has 0 amide bonds. The van der Waals surface area contributed by atoms with Gasteiger partial charge in [-0.25, -0.2) is 19.6 Å². The zero-order chi connectivity index (χ0) is 37.9. The monoisotopic (exact) mass is 764 g/mol. The molecule has 10 nitrogen and oxygen atoms in total. The average molecular weight is 765 g/mol. The van der Waals surface area contributed by atoms with Crippen LogP contribution >= 0.6 is 0 Å². The molecule has 2 spiro atoms. The van der Waals surface area contributed by atoms with Crippen LogP contribution in [0.1, 0.15) is 111 Å². The van der Waals surface area contributed by atoms with Crippen LogP contribution in [0.4, 0.5) is 26.3 Å². The van der Waals surface area contributed by atoms with Crippen molar-refractivity contribution >= 4 is 11.6 Å². The van der Waals surface area contributed by atoms with Crippen molar-refractivity contribution in [3.8, 4) is 0 Å². The van der Waals surface area contributed by atoms with Gasteiger partial charge in [-0.1, -0.05) is 20.3 Å². The zero-order valence-corrected chi connectivity index (χ0v) is 30.2. The van der Waals surface area contributed by atoms with Gasteiger partial charge in [0.05, 0.1) is 0 Å². The van der Waals surface area contributed by atoms with Gasteiger partial charge in [0.1, 0.15) is 0 Å². The lowest BCUT2D eigenvalue weighted by molar-refractivity contribution is -0.557. The first kappa shape index (κ1) is 37.7. The Morgan fingerprint density at radius 1 is 0.604 bits per heavy atom. The number of hydrogen-bond donors (Lipinski definition) is 0. The van der Waals surface area contributed by atoms with E-state index in [2.05, 4.69) is 0 Å². The number of rotatable bonds is 8. The Hall–Kier alpha value is -2.24. The quantitative estimate of drug-likeness (QED) is 0.136. The van der Waals surface area contributed by atoms with Gasteiger partial charge in [-0.3, -0.25) is 9.59 Å². The van der Waals surface area contributed by atoms with Crippen molar-refractivity contribution in [1.82, 2.24) is 0 Å². The molecule has 0 aromatic heterocycles. The third kappa shape index (κ3) is 5.81. The van der Waals surface area contributed by atoms with E-state index in [0.29, 0.717) is 38.5 Å². The highest BCUT2D eigenvalue weighted by atomic mass is 19.4. The first-order valence-corrected chi connectivity index (χ1v) is 18.9. The summed E-state index contributed by atoms with van der Waals surface area (Å²) in [6.07, 6.45) is -9.55. The van der Waals surface area contributed by atoms with Crippen molar-refractivity contribution in [2.75, 3.05) is 0 Å². The zero-order valence-electron chi connectivity index (χ0n) is 30.2. The molecule has 2 unspecified atom stereocenters. The number of carbonyl (C=O) groups excluding carboxylic acids is 2. The van der Waals surface area contributed by atoms with E-state index < -0.39 is 93.8 Å². The summed E-state index contributed by atoms with van der Waals surface area (Å²) in [7, 11) is 0. The van der Waals surface area contributed by atoms with E-state index >= 15 is 0 Å². The maximum atomic E-state index is 14.6. The summed E-state index contributed by atoms with van der Waals surface area (Å²) in [5, 5.41) is 0.